The SMILES string of the molecule is FN(I)c1ccccc1. The van der Waals surface area contributed by atoms with Crippen molar-refractivity contribution in [2.45, 2.75) is 0 Å². The molecule has 1 aromatic carbocycles. The van der Waals surface area contributed by atoms with Gasteiger partial charge in [0.2, 0.25) is 0 Å². The first-order valence-electron chi connectivity index (χ1n) is 2.47. The van der Waals surface area contributed by atoms with Gasteiger partial charge in [-0.3, -0.25) is 0 Å². The third kappa shape index (κ3) is 1.82. The Labute approximate surface area is 66.9 Å². The van der Waals surface area contributed by atoms with Crippen LogP contribution in [-0.4, -0.2) is 0 Å². The van der Waals surface area contributed by atoms with Crippen LogP contribution in [0, 0.1) is 0 Å². The highest BCUT2D eigenvalue weighted by Gasteiger charge is 1.94. The number of anilines is 1. The van der Waals surface area contributed by atoms with Crippen molar-refractivity contribution >= 4 is 28.6 Å². The molecule has 0 heterocycles. The van der Waals surface area contributed by atoms with Crippen molar-refractivity contribution in [2.24, 2.45) is 0 Å². The summed E-state index contributed by atoms with van der Waals surface area (Å²) in [5, 5.41) is 0. The first kappa shape index (κ1) is 6.80. The third-order valence-electron chi connectivity index (χ3n) is 0.951. The molecular weight excluding hydrogens is 232 g/mol. The van der Waals surface area contributed by atoms with Gasteiger partial charge in [0.25, 0.3) is 0 Å². The normalized spacial score (nSPS) is 9.11. The second kappa shape index (κ2) is 3.00. The zero-order valence-electron chi connectivity index (χ0n) is 4.59. The Bertz CT molecular complexity index is 176. The van der Waals surface area contributed by atoms with E-state index in [0.717, 1.165) is 0 Å². The van der Waals surface area contributed by atoms with E-state index in [1.807, 2.05) is 6.07 Å². The van der Waals surface area contributed by atoms with E-state index < -0.39 is 0 Å². The lowest BCUT2D eigenvalue weighted by Crippen LogP contribution is -1.90. The molecule has 0 amide bonds. The van der Waals surface area contributed by atoms with Crippen molar-refractivity contribution in [2.75, 3.05) is 3.34 Å². The minimum absolute atomic E-state index is 0.553. The van der Waals surface area contributed by atoms with E-state index in [2.05, 4.69) is 0 Å². The van der Waals surface area contributed by atoms with Crippen LogP contribution in [0.25, 0.3) is 0 Å². The van der Waals surface area contributed by atoms with Gasteiger partial charge in [0, 0.05) is 0 Å². The van der Waals surface area contributed by atoms with Crippen molar-refractivity contribution in [3.63, 3.8) is 0 Å². The van der Waals surface area contributed by atoms with E-state index >= 15 is 0 Å². The average Bonchev–Trinajstić information content (AvgIpc) is 1.90. The second-order valence-corrected chi connectivity index (χ2v) is 2.42. The van der Waals surface area contributed by atoms with E-state index in [9.17, 15) is 4.48 Å². The van der Waals surface area contributed by atoms with Gasteiger partial charge in [-0.15, -0.1) is 0 Å². The van der Waals surface area contributed by atoms with E-state index in [0.29, 0.717) is 9.02 Å². The lowest BCUT2D eigenvalue weighted by Gasteiger charge is -2.01. The molecule has 1 nitrogen and oxygen atoms in total. The standard InChI is InChI=1S/C6H5FIN/c7-9(8)6-4-2-1-3-5-6/h1-5H. The summed E-state index contributed by atoms with van der Waals surface area (Å²) in [4.78, 5) is 0. The molecule has 0 unspecified atom stereocenters. The van der Waals surface area contributed by atoms with Gasteiger partial charge in [0.05, 0.1) is 28.6 Å². The molecule has 9 heavy (non-hydrogen) atoms. The number of hydrogen-bond acceptors (Lipinski definition) is 1. The summed E-state index contributed by atoms with van der Waals surface area (Å²) in [7, 11) is 0. The summed E-state index contributed by atoms with van der Waals surface area (Å²) in [6, 6.07) is 8.84. The Morgan fingerprint density at radius 2 is 1.78 bits per heavy atom. The molecule has 0 aliphatic rings. The fraction of sp³-hybridized carbons (Fsp3) is 0. The molecule has 0 aliphatic carbocycles. The molecule has 0 saturated heterocycles. The van der Waals surface area contributed by atoms with Gasteiger partial charge in [-0.25, -0.2) is 0 Å². The van der Waals surface area contributed by atoms with Gasteiger partial charge in [0.1, 0.15) is 0 Å². The number of halogens is 2. The van der Waals surface area contributed by atoms with Gasteiger partial charge < -0.3 is 0 Å². The quantitative estimate of drug-likeness (QED) is 0.536. The lowest BCUT2D eigenvalue weighted by molar-refractivity contribution is 0.566. The molecule has 0 radical (unpaired) electrons. The molecule has 0 saturated carbocycles. The van der Waals surface area contributed by atoms with Gasteiger partial charge in [-0.05, 0) is 12.1 Å². The molecule has 48 valence electrons. The minimum Gasteiger partial charge on any atom is -0.151 e. The van der Waals surface area contributed by atoms with Crippen LogP contribution in [0.1, 0.15) is 0 Å². The highest BCUT2D eigenvalue weighted by Crippen LogP contribution is 2.16. The van der Waals surface area contributed by atoms with Crippen LogP contribution < -0.4 is 3.34 Å². The van der Waals surface area contributed by atoms with Crippen LogP contribution in [0.3, 0.4) is 0 Å². The first-order valence-corrected chi connectivity index (χ1v) is 3.44. The molecule has 0 aliphatic heterocycles. The fourth-order valence-corrected chi connectivity index (χ4v) is 0.862. The number of benzene rings is 1. The van der Waals surface area contributed by atoms with Crippen LogP contribution >= 0.6 is 22.9 Å². The maximum atomic E-state index is 12.3. The molecule has 1 rings (SSSR count). The predicted molar refractivity (Wildman–Crippen MR) is 44.0 cm³/mol. The van der Waals surface area contributed by atoms with Gasteiger partial charge in [-0.1, -0.05) is 22.7 Å². The Morgan fingerprint density at radius 3 is 2.11 bits per heavy atom. The number of para-hydroxylation sites is 1. The molecular formula is C6H5FIN. The van der Waals surface area contributed by atoms with Crippen LogP contribution in [-0.2, 0) is 0 Å². The molecule has 0 N–H and O–H groups in total. The summed E-state index contributed by atoms with van der Waals surface area (Å²) >= 11 is 1.57. The maximum Gasteiger partial charge on any atom is 0.0965 e. The Morgan fingerprint density at radius 1 is 1.22 bits per heavy atom. The van der Waals surface area contributed by atoms with Crippen LogP contribution in [0.5, 0.6) is 0 Å². The first-order chi connectivity index (χ1) is 4.30. The van der Waals surface area contributed by atoms with Crippen LogP contribution in [0.15, 0.2) is 30.3 Å². The van der Waals surface area contributed by atoms with Crippen molar-refractivity contribution in [1.82, 2.24) is 0 Å². The van der Waals surface area contributed by atoms with Gasteiger partial charge >= 0.3 is 0 Å². The zero-order chi connectivity index (χ0) is 6.69. The zero-order valence-corrected chi connectivity index (χ0v) is 6.75. The Balaban J connectivity index is 2.85. The van der Waals surface area contributed by atoms with E-state index in [4.69, 9.17) is 0 Å². The van der Waals surface area contributed by atoms with Crippen LogP contribution in [0.4, 0.5) is 10.2 Å². The Kier molecular flexibility index (Phi) is 2.27. The van der Waals surface area contributed by atoms with Crippen molar-refractivity contribution in [1.29, 1.82) is 0 Å². The molecule has 0 spiro atoms. The Hall–Kier alpha value is -0.320. The maximum absolute atomic E-state index is 12.3. The van der Waals surface area contributed by atoms with Gasteiger partial charge in [0.15, 0.2) is 0 Å². The summed E-state index contributed by atoms with van der Waals surface area (Å²) in [5.74, 6) is 0. The smallest absolute Gasteiger partial charge is 0.0965 e. The second-order valence-electron chi connectivity index (χ2n) is 1.57. The lowest BCUT2D eigenvalue weighted by atomic mass is 10.3. The largest absolute Gasteiger partial charge is 0.151 e. The number of nitrogens with zero attached hydrogens (tertiary/aromatic N) is 1. The molecule has 0 bridgehead atoms. The summed E-state index contributed by atoms with van der Waals surface area (Å²) in [5.41, 5.74) is 0.568. The number of rotatable bonds is 1. The third-order valence-corrected chi connectivity index (χ3v) is 1.51. The summed E-state index contributed by atoms with van der Waals surface area (Å²) in [6.07, 6.45) is 0. The minimum atomic E-state index is 0.553. The topological polar surface area (TPSA) is 3.24 Å². The molecule has 3 heteroatoms. The van der Waals surface area contributed by atoms with Crippen molar-refractivity contribution < 1.29 is 4.48 Å². The summed E-state index contributed by atoms with van der Waals surface area (Å²) < 4.78 is 12.8. The highest BCUT2D eigenvalue weighted by atomic mass is 127. The number of hydrogen-bond donors (Lipinski definition) is 0. The van der Waals surface area contributed by atoms with E-state index in [-0.39, 0.29) is 0 Å². The molecule has 0 atom stereocenters. The van der Waals surface area contributed by atoms with E-state index in [1.54, 1.807) is 47.1 Å². The van der Waals surface area contributed by atoms with Crippen LogP contribution in [0.2, 0.25) is 0 Å². The van der Waals surface area contributed by atoms with Crippen molar-refractivity contribution in [3.05, 3.63) is 30.3 Å². The molecule has 0 fully saturated rings. The average molecular weight is 237 g/mol. The van der Waals surface area contributed by atoms with Gasteiger partial charge in [-0.2, -0.15) is 3.34 Å². The van der Waals surface area contributed by atoms with Crippen molar-refractivity contribution in [3.8, 4) is 0 Å². The molecule has 1 aromatic rings. The van der Waals surface area contributed by atoms with E-state index in [1.165, 1.54) is 0 Å². The fourth-order valence-electron chi connectivity index (χ4n) is 0.541. The predicted octanol–water partition coefficient (Wildman–Crippen LogP) is 2.73. The monoisotopic (exact) mass is 237 g/mol. The highest BCUT2D eigenvalue weighted by molar-refractivity contribution is 14.1. The molecule has 0 aromatic heterocycles. The summed E-state index contributed by atoms with van der Waals surface area (Å²) in [6.45, 7) is 0.